The van der Waals surface area contributed by atoms with E-state index in [4.69, 9.17) is 0 Å². The van der Waals surface area contributed by atoms with E-state index in [0.29, 0.717) is 11.1 Å². The minimum atomic E-state index is -0.720. The molecule has 0 atom stereocenters. The monoisotopic (exact) mass is 752 g/mol. The summed E-state index contributed by atoms with van der Waals surface area (Å²) in [5, 5.41) is 21.7. The first-order chi connectivity index (χ1) is 29.2. The molecule has 59 heavy (non-hydrogen) atoms. The molecule has 0 aromatic heterocycles. The highest BCUT2D eigenvalue weighted by atomic mass is 15.1. The summed E-state index contributed by atoms with van der Waals surface area (Å²) in [6.45, 7) is 0. The fraction of sp³-hybridized carbons (Fsp3) is 0.0182. The first-order valence-electron chi connectivity index (χ1n) is 19.7. The fourth-order valence-electron chi connectivity index (χ4n) is 9.04. The molecule has 0 fully saturated rings. The Morgan fingerprint density at radius 3 is 1.31 bits per heavy atom. The topological polar surface area (TPSA) is 54.1 Å². The molecule has 0 heterocycles. The van der Waals surface area contributed by atoms with Gasteiger partial charge in [-0.1, -0.05) is 127 Å². The van der Waals surface area contributed by atoms with E-state index < -0.39 is 5.41 Å². The lowest BCUT2D eigenvalue weighted by Gasteiger charge is -2.36. The SMILES string of the molecule is N#Cc1ccc(N(c2ccccc2)c2ccc3c(c2)C(c2ccccc2)(c2ccccc2)c2cc(N(c4ccccc4)c4ccc(C#N)cc4)c4ccccc4c2-3)cc1. The molecule has 0 N–H and O–H groups in total. The molecule has 0 amide bonds. The lowest BCUT2D eigenvalue weighted by atomic mass is 9.67. The lowest BCUT2D eigenvalue weighted by molar-refractivity contribution is 0.769. The van der Waals surface area contributed by atoms with Crippen molar-refractivity contribution in [1.29, 1.82) is 10.5 Å². The van der Waals surface area contributed by atoms with Crippen molar-refractivity contribution in [2.24, 2.45) is 0 Å². The summed E-state index contributed by atoms with van der Waals surface area (Å²) in [6.07, 6.45) is 0. The van der Waals surface area contributed by atoms with Crippen LogP contribution in [0, 0.1) is 22.7 Å². The molecule has 0 unspecified atom stereocenters. The summed E-state index contributed by atoms with van der Waals surface area (Å²) >= 11 is 0. The Kier molecular flexibility index (Phi) is 8.79. The number of benzene rings is 9. The first-order valence-corrected chi connectivity index (χ1v) is 19.7. The standard InChI is InChI=1S/C55H36N4/c56-37-39-25-29-45(30-26-39)58(43-19-9-3-10-20-43)47-33-34-50-51(35-47)55(41-15-5-1-6-16-41,42-17-7-2-8-18-42)52-36-53(48-23-13-14-24-49(48)54(50)52)59(44-21-11-4-12-22-44)46-31-27-40(38-57)28-32-46/h1-36H. The highest BCUT2D eigenvalue weighted by Crippen LogP contribution is 2.60. The van der Waals surface area contributed by atoms with Crippen LogP contribution in [0.4, 0.5) is 34.1 Å². The molecule has 0 aliphatic heterocycles. The molecule has 276 valence electrons. The van der Waals surface area contributed by atoms with Crippen molar-refractivity contribution < 1.29 is 0 Å². The van der Waals surface area contributed by atoms with Crippen LogP contribution in [0.25, 0.3) is 21.9 Å². The average molecular weight is 753 g/mol. The van der Waals surface area contributed by atoms with Crippen molar-refractivity contribution in [2.75, 3.05) is 9.80 Å². The average Bonchev–Trinajstić information content (AvgIpc) is 3.61. The zero-order valence-corrected chi connectivity index (χ0v) is 32.1. The maximum Gasteiger partial charge on any atom is 0.0991 e. The van der Waals surface area contributed by atoms with Gasteiger partial charge in [0, 0.05) is 33.8 Å². The van der Waals surface area contributed by atoms with Crippen molar-refractivity contribution >= 4 is 44.9 Å². The predicted octanol–water partition coefficient (Wildman–Crippen LogP) is 13.9. The molecule has 0 radical (unpaired) electrons. The Morgan fingerprint density at radius 1 is 0.356 bits per heavy atom. The number of para-hydroxylation sites is 2. The van der Waals surface area contributed by atoms with Crippen LogP contribution < -0.4 is 9.80 Å². The third-order valence-electron chi connectivity index (χ3n) is 11.6. The van der Waals surface area contributed by atoms with E-state index in [9.17, 15) is 10.5 Å². The van der Waals surface area contributed by atoms with E-state index in [0.717, 1.165) is 44.9 Å². The Balaban J connectivity index is 1.32. The zero-order valence-electron chi connectivity index (χ0n) is 32.1. The van der Waals surface area contributed by atoms with E-state index >= 15 is 0 Å². The van der Waals surface area contributed by atoms with Crippen molar-refractivity contribution in [3.8, 4) is 23.3 Å². The van der Waals surface area contributed by atoms with Gasteiger partial charge in [-0.2, -0.15) is 10.5 Å². The summed E-state index contributed by atoms with van der Waals surface area (Å²) in [6, 6.07) is 81.0. The van der Waals surface area contributed by atoms with Crippen molar-refractivity contribution in [1.82, 2.24) is 0 Å². The van der Waals surface area contributed by atoms with Crippen molar-refractivity contribution in [3.05, 3.63) is 252 Å². The molecule has 9 aromatic rings. The molecular weight excluding hydrogens is 717 g/mol. The highest BCUT2D eigenvalue weighted by Gasteiger charge is 2.48. The van der Waals surface area contributed by atoms with Gasteiger partial charge in [0.15, 0.2) is 0 Å². The van der Waals surface area contributed by atoms with Gasteiger partial charge in [-0.3, -0.25) is 0 Å². The summed E-state index contributed by atoms with van der Waals surface area (Å²) in [5.74, 6) is 0. The minimum Gasteiger partial charge on any atom is -0.310 e. The van der Waals surface area contributed by atoms with Gasteiger partial charge in [0.05, 0.1) is 34.4 Å². The molecule has 0 spiro atoms. The van der Waals surface area contributed by atoms with E-state index in [1.165, 1.54) is 33.4 Å². The summed E-state index contributed by atoms with van der Waals surface area (Å²) in [7, 11) is 0. The summed E-state index contributed by atoms with van der Waals surface area (Å²) in [5.41, 5.74) is 13.6. The fourth-order valence-corrected chi connectivity index (χ4v) is 9.04. The number of hydrogen-bond donors (Lipinski definition) is 0. The third-order valence-corrected chi connectivity index (χ3v) is 11.6. The van der Waals surface area contributed by atoms with Gasteiger partial charge in [0.1, 0.15) is 0 Å². The minimum absolute atomic E-state index is 0.615. The van der Waals surface area contributed by atoms with E-state index in [-0.39, 0.29) is 0 Å². The van der Waals surface area contributed by atoms with Gasteiger partial charge < -0.3 is 9.80 Å². The molecule has 10 rings (SSSR count). The number of fused-ring (bicyclic) bond motifs is 5. The van der Waals surface area contributed by atoms with Crippen LogP contribution in [0.15, 0.2) is 218 Å². The third kappa shape index (κ3) is 5.83. The normalized spacial score (nSPS) is 12.2. The predicted molar refractivity (Wildman–Crippen MR) is 240 cm³/mol. The highest BCUT2D eigenvalue weighted by molar-refractivity contribution is 6.11. The van der Waals surface area contributed by atoms with Gasteiger partial charge in [-0.25, -0.2) is 0 Å². The van der Waals surface area contributed by atoms with E-state index in [1.54, 1.807) is 0 Å². The van der Waals surface area contributed by atoms with Gasteiger partial charge in [0.25, 0.3) is 0 Å². The molecule has 4 heteroatoms. The van der Waals surface area contributed by atoms with Crippen LogP contribution in [0.5, 0.6) is 0 Å². The quantitative estimate of drug-likeness (QED) is 0.155. The Labute approximate surface area is 344 Å². The van der Waals surface area contributed by atoms with Crippen LogP contribution in [0.3, 0.4) is 0 Å². The number of nitriles is 2. The zero-order chi connectivity index (χ0) is 39.8. The summed E-state index contributed by atoms with van der Waals surface area (Å²) in [4.78, 5) is 4.59. The number of rotatable bonds is 8. The molecular formula is C55H36N4. The number of hydrogen-bond acceptors (Lipinski definition) is 4. The second-order valence-electron chi connectivity index (χ2n) is 14.7. The Morgan fingerprint density at radius 2 is 0.780 bits per heavy atom. The molecule has 4 nitrogen and oxygen atoms in total. The smallest absolute Gasteiger partial charge is 0.0991 e. The number of anilines is 6. The van der Waals surface area contributed by atoms with E-state index in [1.807, 2.05) is 60.7 Å². The van der Waals surface area contributed by atoms with Crippen LogP contribution in [-0.2, 0) is 5.41 Å². The Hall–Kier alpha value is -8.18. The van der Waals surface area contributed by atoms with Crippen LogP contribution >= 0.6 is 0 Å². The van der Waals surface area contributed by atoms with Gasteiger partial charge >= 0.3 is 0 Å². The van der Waals surface area contributed by atoms with Crippen molar-refractivity contribution in [3.63, 3.8) is 0 Å². The van der Waals surface area contributed by atoms with Gasteiger partial charge in [-0.15, -0.1) is 0 Å². The largest absolute Gasteiger partial charge is 0.310 e. The molecule has 9 aromatic carbocycles. The molecule has 1 aliphatic rings. The summed E-state index contributed by atoms with van der Waals surface area (Å²) < 4.78 is 0. The molecule has 0 saturated heterocycles. The maximum absolute atomic E-state index is 9.73. The van der Waals surface area contributed by atoms with Gasteiger partial charge in [-0.05, 0) is 130 Å². The number of nitrogens with zero attached hydrogens (tertiary/aromatic N) is 4. The lowest BCUT2D eigenvalue weighted by Crippen LogP contribution is -2.29. The molecule has 1 aliphatic carbocycles. The Bertz CT molecular complexity index is 3000. The van der Waals surface area contributed by atoms with Crippen molar-refractivity contribution in [2.45, 2.75) is 5.41 Å². The molecule has 0 bridgehead atoms. The molecule has 0 saturated carbocycles. The second kappa shape index (κ2) is 14.7. The van der Waals surface area contributed by atoms with Crippen LogP contribution in [-0.4, -0.2) is 0 Å². The van der Waals surface area contributed by atoms with Gasteiger partial charge in [0.2, 0.25) is 0 Å². The van der Waals surface area contributed by atoms with Crippen LogP contribution in [0.2, 0.25) is 0 Å². The first kappa shape index (κ1) is 35.2. The van der Waals surface area contributed by atoms with E-state index in [2.05, 4.69) is 180 Å². The maximum atomic E-state index is 9.73. The second-order valence-corrected chi connectivity index (χ2v) is 14.7. The van der Waals surface area contributed by atoms with Crippen LogP contribution in [0.1, 0.15) is 33.4 Å².